The fraction of sp³-hybridized carbons (Fsp3) is 0.355. The first-order valence-corrected chi connectivity index (χ1v) is 15.1. The van der Waals surface area contributed by atoms with Crippen molar-refractivity contribution in [2.45, 2.75) is 57.4 Å². The number of para-hydroxylation sites is 1. The van der Waals surface area contributed by atoms with E-state index in [-0.39, 0.29) is 23.0 Å². The van der Waals surface area contributed by atoms with E-state index in [4.69, 9.17) is 0 Å². The molecule has 3 aromatic rings. The largest absolute Gasteiger partial charge is 0.354 e. The molecule has 1 N–H and O–H groups in total. The molecule has 0 heterocycles. The Hall–Kier alpha value is -3.72. The molecule has 3 aromatic carbocycles. The molecule has 0 unspecified atom stereocenters. The molecule has 0 saturated heterocycles. The van der Waals surface area contributed by atoms with Gasteiger partial charge in [0.05, 0.1) is 10.6 Å². The maximum absolute atomic E-state index is 15.0. The highest BCUT2D eigenvalue weighted by molar-refractivity contribution is 7.92. The second-order valence-electron chi connectivity index (χ2n) is 9.67. The molecule has 0 bridgehead atoms. The van der Waals surface area contributed by atoms with Gasteiger partial charge in [0.2, 0.25) is 11.8 Å². The van der Waals surface area contributed by atoms with Crippen LogP contribution < -0.4 is 9.62 Å². The second-order valence-corrected chi connectivity index (χ2v) is 11.5. The number of hydrogen-bond donors (Lipinski definition) is 1. The Morgan fingerprint density at radius 2 is 1.57 bits per heavy atom. The standard InChI is InChI=1S/C31H38FN3O4S/c1-4-6-21-33-31(37)28(5-2)34(22-20-25-12-8-7-9-13-25)30(36)23-35(29-15-11-10-14-27(29)32)40(38,39)26-18-16-24(3)17-19-26/h7-19,28H,4-6,20-23H2,1-3H3,(H,33,37)/t28-/m0/s1. The fourth-order valence-corrected chi connectivity index (χ4v) is 5.83. The maximum atomic E-state index is 15.0. The third-order valence-corrected chi connectivity index (χ3v) is 8.48. The molecule has 9 heteroatoms. The van der Waals surface area contributed by atoms with E-state index in [1.54, 1.807) is 12.1 Å². The van der Waals surface area contributed by atoms with Gasteiger partial charge >= 0.3 is 0 Å². The molecule has 1 atom stereocenters. The van der Waals surface area contributed by atoms with Gasteiger partial charge in [0.25, 0.3) is 10.0 Å². The average molecular weight is 568 g/mol. The summed E-state index contributed by atoms with van der Waals surface area (Å²) in [7, 11) is -4.31. The molecule has 0 fully saturated rings. The average Bonchev–Trinajstić information content (AvgIpc) is 2.95. The van der Waals surface area contributed by atoms with E-state index >= 15 is 4.39 Å². The van der Waals surface area contributed by atoms with Gasteiger partial charge in [-0.05, 0) is 56.0 Å². The molecule has 0 radical (unpaired) electrons. The zero-order valence-corrected chi connectivity index (χ0v) is 24.2. The summed E-state index contributed by atoms with van der Waals surface area (Å²) in [6.45, 7) is 5.67. The highest BCUT2D eigenvalue weighted by Crippen LogP contribution is 2.27. The number of benzene rings is 3. The minimum absolute atomic E-state index is 0.0608. The van der Waals surface area contributed by atoms with Crippen LogP contribution in [0.15, 0.2) is 83.8 Å². The van der Waals surface area contributed by atoms with E-state index in [9.17, 15) is 18.0 Å². The van der Waals surface area contributed by atoms with Crippen LogP contribution in [0.2, 0.25) is 0 Å². The van der Waals surface area contributed by atoms with Crippen molar-refractivity contribution in [3.63, 3.8) is 0 Å². The molecule has 0 aliphatic carbocycles. The molecular formula is C31H38FN3O4S. The molecule has 0 aliphatic rings. The highest BCUT2D eigenvalue weighted by atomic mass is 32.2. The predicted molar refractivity (Wildman–Crippen MR) is 156 cm³/mol. The Morgan fingerprint density at radius 1 is 0.925 bits per heavy atom. The summed E-state index contributed by atoms with van der Waals surface area (Å²) in [5.41, 5.74) is 1.60. The minimum atomic E-state index is -4.31. The van der Waals surface area contributed by atoms with Crippen LogP contribution in [0.4, 0.5) is 10.1 Å². The Kier molecular flexibility index (Phi) is 11.3. The smallest absolute Gasteiger partial charge is 0.264 e. The Morgan fingerprint density at radius 3 is 2.20 bits per heavy atom. The van der Waals surface area contributed by atoms with Gasteiger partial charge in [0.15, 0.2) is 0 Å². The summed E-state index contributed by atoms with van der Waals surface area (Å²) in [5.74, 6) is -1.66. The molecule has 40 heavy (non-hydrogen) atoms. The summed E-state index contributed by atoms with van der Waals surface area (Å²) in [6.07, 6.45) is 2.51. The fourth-order valence-electron chi connectivity index (χ4n) is 4.41. The Bertz CT molecular complexity index is 1360. The van der Waals surface area contributed by atoms with Crippen molar-refractivity contribution in [2.24, 2.45) is 0 Å². The van der Waals surface area contributed by atoms with E-state index in [1.165, 1.54) is 35.2 Å². The molecule has 214 valence electrons. The van der Waals surface area contributed by atoms with Gasteiger partial charge in [0, 0.05) is 13.1 Å². The number of hydrogen-bond acceptors (Lipinski definition) is 4. The lowest BCUT2D eigenvalue weighted by Gasteiger charge is -2.33. The molecule has 2 amide bonds. The normalized spacial score (nSPS) is 12.0. The molecule has 3 rings (SSSR count). The molecule has 0 spiro atoms. The van der Waals surface area contributed by atoms with Crippen molar-refractivity contribution in [1.82, 2.24) is 10.2 Å². The summed E-state index contributed by atoms with van der Waals surface area (Å²) < 4.78 is 43.4. The number of carbonyl (C=O) groups is 2. The van der Waals surface area contributed by atoms with Crippen molar-refractivity contribution in [3.8, 4) is 0 Å². The van der Waals surface area contributed by atoms with E-state index < -0.39 is 34.3 Å². The number of sulfonamides is 1. The van der Waals surface area contributed by atoms with Crippen molar-refractivity contribution < 1.29 is 22.4 Å². The number of anilines is 1. The Balaban J connectivity index is 1.99. The Labute approximate surface area is 237 Å². The quantitative estimate of drug-likeness (QED) is 0.275. The lowest BCUT2D eigenvalue weighted by atomic mass is 10.1. The number of amides is 2. The van der Waals surface area contributed by atoms with Crippen LogP contribution in [-0.2, 0) is 26.0 Å². The van der Waals surface area contributed by atoms with Gasteiger partial charge in [0.1, 0.15) is 18.4 Å². The SMILES string of the molecule is CCCCNC(=O)[C@H](CC)N(CCc1ccccc1)C(=O)CN(c1ccccc1F)S(=O)(=O)c1ccc(C)cc1. The van der Waals surface area contributed by atoms with E-state index in [2.05, 4.69) is 5.32 Å². The van der Waals surface area contributed by atoms with Crippen molar-refractivity contribution in [3.05, 3.63) is 95.8 Å². The van der Waals surface area contributed by atoms with Gasteiger partial charge < -0.3 is 10.2 Å². The lowest BCUT2D eigenvalue weighted by Crippen LogP contribution is -2.53. The summed E-state index contributed by atoms with van der Waals surface area (Å²) in [5, 5.41) is 2.90. The minimum Gasteiger partial charge on any atom is -0.354 e. The van der Waals surface area contributed by atoms with Crippen LogP contribution in [0.3, 0.4) is 0 Å². The first-order valence-electron chi connectivity index (χ1n) is 13.6. The molecular weight excluding hydrogens is 529 g/mol. The lowest BCUT2D eigenvalue weighted by molar-refractivity contribution is -0.139. The van der Waals surface area contributed by atoms with Crippen LogP contribution in [0, 0.1) is 12.7 Å². The summed E-state index contributed by atoms with van der Waals surface area (Å²) in [4.78, 5) is 28.5. The van der Waals surface area contributed by atoms with Crippen LogP contribution in [0.1, 0.15) is 44.2 Å². The van der Waals surface area contributed by atoms with E-state index in [0.29, 0.717) is 19.4 Å². The number of rotatable bonds is 14. The summed E-state index contributed by atoms with van der Waals surface area (Å²) in [6, 6.07) is 20.4. The van der Waals surface area contributed by atoms with E-state index in [1.807, 2.05) is 51.1 Å². The number of aryl methyl sites for hydroxylation is 1. The second kappa shape index (κ2) is 14.6. The van der Waals surface area contributed by atoms with Crippen molar-refractivity contribution >= 4 is 27.5 Å². The first-order chi connectivity index (χ1) is 19.2. The predicted octanol–water partition coefficient (Wildman–Crippen LogP) is 5.10. The highest BCUT2D eigenvalue weighted by Gasteiger charge is 2.34. The number of carbonyl (C=O) groups excluding carboxylic acids is 2. The van der Waals surface area contributed by atoms with Crippen molar-refractivity contribution in [2.75, 3.05) is 23.9 Å². The van der Waals surface area contributed by atoms with Crippen LogP contribution in [-0.4, -0.2) is 50.8 Å². The molecule has 0 aliphatic heterocycles. The maximum Gasteiger partial charge on any atom is 0.264 e. The van der Waals surface area contributed by atoms with Crippen LogP contribution in [0.5, 0.6) is 0 Å². The van der Waals surface area contributed by atoms with Crippen LogP contribution in [0.25, 0.3) is 0 Å². The number of nitrogens with one attached hydrogen (secondary N) is 1. The van der Waals surface area contributed by atoms with Gasteiger partial charge in [-0.1, -0.05) is 80.4 Å². The zero-order chi connectivity index (χ0) is 29.1. The zero-order valence-electron chi connectivity index (χ0n) is 23.3. The number of nitrogens with zero attached hydrogens (tertiary/aromatic N) is 2. The van der Waals surface area contributed by atoms with E-state index in [0.717, 1.165) is 34.3 Å². The summed E-state index contributed by atoms with van der Waals surface area (Å²) >= 11 is 0. The topological polar surface area (TPSA) is 86.8 Å². The van der Waals surface area contributed by atoms with Gasteiger partial charge in [-0.25, -0.2) is 12.8 Å². The van der Waals surface area contributed by atoms with Gasteiger partial charge in [-0.2, -0.15) is 0 Å². The molecule has 0 aromatic heterocycles. The molecule has 7 nitrogen and oxygen atoms in total. The third-order valence-electron chi connectivity index (χ3n) is 6.71. The number of halogens is 1. The van der Waals surface area contributed by atoms with Crippen molar-refractivity contribution in [1.29, 1.82) is 0 Å². The van der Waals surface area contributed by atoms with Gasteiger partial charge in [-0.15, -0.1) is 0 Å². The van der Waals surface area contributed by atoms with Crippen LogP contribution >= 0.6 is 0 Å². The van der Waals surface area contributed by atoms with Gasteiger partial charge in [-0.3, -0.25) is 13.9 Å². The monoisotopic (exact) mass is 567 g/mol. The first kappa shape index (κ1) is 30.8. The third kappa shape index (κ3) is 7.91. The molecule has 0 saturated carbocycles. The number of unbranched alkanes of at least 4 members (excludes halogenated alkanes) is 1.